The summed E-state index contributed by atoms with van der Waals surface area (Å²) in [4.78, 5) is 34.0. The van der Waals surface area contributed by atoms with E-state index >= 15 is 0 Å². The molecule has 1 N–H and O–H groups in total. The Morgan fingerprint density at radius 2 is 1.92 bits per heavy atom. The van der Waals surface area contributed by atoms with Crippen LogP contribution in [0.3, 0.4) is 0 Å². The van der Waals surface area contributed by atoms with E-state index < -0.39 is 6.03 Å². The van der Waals surface area contributed by atoms with Crippen molar-refractivity contribution in [1.82, 2.24) is 19.6 Å². The van der Waals surface area contributed by atoms with E-state index in [9.17, 15) is 9.59 Å². The topological polar surface area (TPSA) is 73.2 Å². The van der Waals surface area contributed by atoms with E-state index in [4.69, 9.17) is 0 Å². The molecule has 2 aromatic heterocycles. The minimum atomic E-state index is -0.392. The molecule has 0 radical (unpaired) electrons. The first-order valence-electron chi connectivity index (χ1n) is 8.14. The van der Waals surface area contributed by atoms with Crippen LogP contribution in [0.5, 0.6) is 0 Å². The van der Waals surface area contributed by atoms with Crippen molar-refractivity contribution in [3.63, 3.8) is 0 Å². The molecule has 126 valence electrons. The minimum Gasteiger partial charge on any atom is -0.369 e. The van der Waals surface area contributed by atoms with Gasteiger partial charge in [-0.25, -0.2) is 9.78 Å². The fourth-order valence-corrected chi connectivity index (χ4v) is 3.20. The highest BCUT2D eigenvalue weighted by Gasteiger charge is 2.26. The lowest BCUT2D eigenvalue weighted by atomic mass is 10.2. The quantitative estimate of drug-likeness (QED) is 0.871. The second kappa shape index (κ2) is 5.79. The van der Waals surface area contributed by atoms with E-state index in [1.807, 2.05) is 16.7 Å². The van der Waals surface area contributed by atoms with E-state index in [-0.39, 0.29) is 5.91 Å². The van der Waals surface area contributed by atoms with Crippen molar-refractivity contribution in [2.24, 2.45) is 0 Å². The zero-order valence-electron chi connectivity index (χ0n) is 13.6. The van der Waals surface area contributed by atoms with Crippen molar-refractivity contribution in [3.05, 3.63) is 24.5 Å². The molecule has 2 saturated heterocycles. The largest absolute Gasteiger partial charge is 0.369 e. The Bertz CT molecular complexity index is 793. The van der Waals surface area contributed by atoms with Gasteiger partial charge in [0, 0.05) is 57.1 Å². The normalized spacial score (nSPS) is 19.9. The number of imidazole rings is 1. The monoisotopic (exact) mass is 328 g/mol. The number of nitrogens with zero attached hydrogens (tertiary/aromatic N) is 5. The number of amides is 3. The van der Waals surface area contributed by atoms with Crippen LogP contribution in [0.2, 0.25) is 0 Å². The second-order valence-corrected chi connectivity index (χ2v) is 6.27. The van der Waals surface area contributed by atoms with Crippen LogP contribution in [0.15, 0.2) is 24.5 Å². The number of aromatic nitrogens is 2. The van der Waals surface area contributed by atoms with Crippen LogP contribution in [-0.4, -0.2) is 66.0 Å². The molecule has 8 heteroatoms. The Kier molecular flexibility index (Phi) is 3.61. The molecule has 2 aromatic rings. The Morgan fingerprint density at radius 1 is 1.12 bits per heavy atom. The third kappa shape index (κ3) is 2.58. The third-order valence-corrected chi connectivity index (χ3v) is 4.68. The Labute approximate surface area is 139 Å². The molecule has 0 unspecified atom stereocenters. The first-order valence-corrected chi connectivity index (χ1v) is 8.14. The number of urea groups is 1. The maximum atomic E-state index is 12.0. The molecule has 0 aliphatic carbocycles. The number of pyridine rings is 1. The number of piperazine rings is 1. The number of hydrogen-bond acceptors (Lipinski definition) is 5. The van der Waals surface area contributed by atoms with Crippen LogP contribution in [0.25, 0.3) is 5.65 Å². The first kappa shape index (κ1) is 14.9. The molecule has 0 saturated carbocycles. The van der Waals surface area contributed by atoms with Crippen LogP contribution < -0.4 is 15.1 Å². The van der Waals surface area contributed by atoms with Gasteiger partial charge in [0.05, 0.1) is 6.20 Å². The zero-order chi connectivity index (χ0) is 16.7. The molecule has 3 amide bonds. The van der Waals surface area contributed by atoms with Gasteiger partial charge in [-0.05, 0) is 13.1 Å². The fraction of sp³-hybridized carbons (Fsp3) is 0.438. The van der Waals surface area contributed by atoms with Gasteiger partial charge in [-0.3, -0.25) is 19.4 Å². The van der Waals surface area contributed by atoms with Crippen LogP contribution in [0, 0.1) is 0 Å². The first-order chi connectivity index (χ1) is 11.6. The summed E-state index contributed by atoms with van der Waals surface area (Å²) in [5.74, 6) is 0.447. The van der Waals surface area contributed by atoms with Crippen molar-refractivity contribution in [2.75, 3.05) is 49.6 Å². The molecule has 0 aromatic carbocycles. The Hall–Kier alpha value is -2.61. The number of hydrogen-bond donors (Lipinski definition) is 1. The zero-order valence-corrected chi connectivity index (χ0v) is 13.6. The van der Waals surface area contributed by atoms with Crippen molar-refractivity contribution in [2.45, 2.75) is 6.42 Å². The minimum absolute atomic E-state index is 0.234. The molecule has 0 atom stereocenters. The number of fused-ring (bicyclic) bond motifs is 1. The lowest BCUT2D eigenvalue weighted by Crippen LogP contribution is -2.50. The molecule has 2 fully saturated rings. The number of carbonyl (C=O) groups excluding carboxylic acids is 2. The summed E-state index contributed by atoms with van der Waals surface area (Å²) < 4.78 is 1.88. The maximum Gasteiger partial charge on any atom is 0.329 e. The highest BCUT2D eigenvalue weighted by Crippen LogP contribution is 2.23. The molecule has 0 spiro atoms. The van der Waals surface area contributed by atoms with Crippen LogP contribution in [-0.2, 0) is 4.79 Å². The van der Waals surface area contributed by atoms with Gasteiger partial charge in [-0.15, -0.1) is 0 Å². The number of rotatable bonds is 2. The number of likely N-dealkylation sites (N-methyl/N-ethyl adjacent to an activating group) is 1. The van der Waals surface area contributed by atoms with Gasteiger partial charge in [0.15, 0.2) is 0 Å². The summed E-state index contributed by atoms with van der Waals surface area (Å²) in [7, 11) is 2.13. The lowest BCUT2D eigenvalue weighted by molar-refractivity contribution is -0.120. The summed E-state index contributed by atoms with van der Waals surface area (Å²) in [5.41, 5.74) is 1.94. The van der Waals surface area contributed by atoms with E-state index in [2.05, 4.69) is 33.2 Å². The molecule has 24 heavy (non-hydrogen) atoms. The lowest BCUT2D eigenvalue weighted by Gasteiger charge is -2.34. The van der Waals surface area contributed by atoms with Crippen LogP contribution in [0.4, 0.5) is 16.3 Å². The molecular formula is C16H20N6O2. The molecule has 8 nitrogen and oxygen atoms in total. The molecule has 0 bridgehead atoms. The van der Waals surface area contributed by atoms with Gasteiger partial charge in [0.2, 0.25) is 5.91 Å². The summed E-state index contributed by atoms with van der Waals surface area (Å²) in [6, 6.07) is 3.70. The SMILES string of the molecule is CN1CCN(c2ccn3c(N4CCC(=O)NC4=O)cnc3c2)CC1. The average molecular weight is 328 g/mol. The molecule has 2 aliphatic heterocycles. The summed E-state index contributed by atoms with van der Waals surface area (Å²) in [6.45, 7) is 4.46. The van der Waals surface area contributed by atoms with Gasteiger partial charge < -0.3 is 9.80 Å². The highest BCUT2D eigenvalue weighted by atomic mass is 16.2. The number of anilines is 2. The molecule has 4 heterocycles. The van der Waals surface area contributed by atoms with Gasteiger partial charge in [0.1, 0.15) is 11.5 Å². The van der Waals surface area contributed by atoms with Gasteiger partial charge in [-0.2, -0.15) is 0 Å². The van der Waals surface area contributed by atoms with E-state index in [0.29, 0.717) is 18.8 Å². The fourth-order valence-electron chi connectivity index (χ4n) is 3.20. The molecule has 2 aliphatic rings. The summed E-state index contributed by atoms with van der Waals surface area (Å²) >= 11 is 0. The highest BCUT2D eigenvalue weighted by molar-refractivity contribution is 6.05. The van der Waals surface area contributed by atoms with Crippen LogP contribution in [0.1, 0.15) is 6.42 Å². The van der Waals surface area contributed by atoms with Crippen molar-refractivity contribution in [3.8, 4) is 0 Å². The van der Waals surface area contributed by atoms with Gasteiger partial charge >= 0.3 is 6.03 Å². The Balaban J connectivity index is 1.61. The van der Waals surface area contributed by atoms with Crippen LogP contribution >= 0.6 is 0 Å². The smallest absolute Gasteiger partial charge is 0.329 e. The van der Waals surface area contributed by atoms with Crippen molar-refractivity contribution >= 4 is 29.1 Å². The number of carbonyl (C=O) groups is 2. The maximum absolute atomic E-state index is 12.0. The second-order valence-electron chi connectivity index (χ2n) is 6.27. The van der Waals surface area contributed by atoms with Gasteiger partial charge in [0.25, 0.3) is 0 Å². The van der Waals surface area contributed by atoms with E-state index in [0.717, 1.165) is 37.5 Å². The number of nitrogens with one attached hydrogen (secondary N) is 1. The van der Waals surface area contributed by atoms with Gasteiger partial charge in [-0.1, -0.05) is 0 Å². The van der Waals surface area contributed by atoms with E-state index in [1.54, 1.807) is 11.1 Å². The number of imide groups is 1. The Morgan fingerprint density at radius 3 is 2.67 bits per heavy atom. The van der Waals surface area contributed by atoms with Crippen molar-refractivity contribution in [1.29, 1.82) is 0 Å². The third-order valence-electron chi connectivity index (χ3n) is 4.68. The van der Waals surface area contributed by atoms with Crippen molar-refractivity contribution < 1.29 is 9.59 Å². The standard InChI is InChI=1S/C16H20N6O2/c1-19-6-8-20(9-7-19)12-2-4-21-13(10-12)17-11-15(21)22-5-3-14(23)18-16(22)24/h2,4,10-11H,3,5-9H2,1H3,(H,18,23,24). The summed E-state index contributed by atoms with van der Waals surface area (Å²) in [5, 5.41) is 2.34. The average Bonchev–Trinajstić information content (AvgIpc) is 2.98. The molecule has 4 rings (SSSR count). The van der Waals surface area contributed by atoms with E-state index in [1.165, 1.54) is 0 Å². The summed E-state index contributed by atoms with van der Waals surface area (Å²) in [6.07, 6.45) is 3.92. The molecular weight excluding hydrogens is 308 g/mol. The predicted octanol–water partition coefficient (Wildman–Crippen LogP) is 0.532. The predicted molar refractivity (Wildman–Crippen MR) is 90.4 cm³/mol.